The molecule has 1 aromatic carbocycles. The third-order valence-corrected chi connectivity index (χ3v) is 4.48. The summed E-state index contributed by atoms with van der Waals surface area (Å²) in [5.41, 5.74) is 6.62. The standard InChI is InChI=1S/C18H18ClN5O2/c1-18(10-15(25)24(2)17(20)23-18)11-5-3-6-12(9-11)21-16(26)13-7-4-8-14(19)22-13/h3-9H,10H2,1-2H3,(H2,20,23)(H,21,26)/t18-/m0/s1. The highest BCUT2D eigenvalue weighted by Crippen LogP contribution is 2.34. The Balaban J connectivity index is 1.87. The number of guanidine groups is 1. The van der Waals surface area contributed by atoms with Crippen molar-refractivity contribution >= 4 is 35.1 Å². The molecule has 3 N–H and O–H groups in total. The van der Waals surface area contributed by atoms with Gasteiger partial charge in [0.1, 0.15) is 10.8 Å². The molecule has 0 bridgehead atoms. The second-order valence-corrected chi connectivity index (χ2v) is 6.64. The topological polar surface area (TPSA) is 101 Å². The molecule has 2 amide bonds. The Morgan fingerprint density at radius 3 is 2.73 bits per heavy atom. The minimum Gasteiger partial charge on any atom is -0.369 e. The Kier molecular flexibility index (Phi) is 4.65. The summed E-state index contributed by atoms with van der Waals surface area (Å²) in [5, 5.41) is 3.02. The van der Waals surface area contributed by atoms with Gasteiger partial charge in [0.2, 0.25) is 5.91 Å². The highest BCUT2D eigenvalue weighted by atomic mass is 35.5. The third-order valence-electron chi connectivity index (χ3n) is 4.26. The van der Waals surface area contributed by atoms with Crippen molar-refractivity contribution in [1.82, 2.24) is 9.88 Å². The first-order valence-electron chi connectivity index (χ1n) is 7.95. The number of rotatable bonds is 3. The van der Waals surface area contributed by atoms with Crippen LogP contribution in [0.25, 0.3) is 0 Å². The summed E-state index contributed by atoms with van der Waals surface area (Å²) in [7, 11) is 1.59. The molecule has 2 heterocycles. The maximum Gasteiger partial charge on any atom is 0.274 e. The molecule has 1 aliphatic heterocycles. The first kappa shape index (κ1) is 17.9. The number of amides is 2. The van der Waals surface area contributed by atoms with Gasteiger partial charge in [-0.05, 0) is 36.8 Å². The summed E-state index contributed by atoms with van der Waals surface area (Å²) < 4.78 is 0. The van der Waals surface area contributed by atoms with Crippen molar-refractivity contribution in [3.8, 4) is 0 Å². The van der Waals surface area contributed by atoms with Gasteiger partial charge < -0.3 is 11.1 Å². The average molecular weight is 372 g/mol. The Bertz CT molecular complexity index is 914. The number of nitrogens with zero attached hydrogens (tertiary/aromatic N) is 3. The molecular weight excluding hydrogens is 354 g/mol. The van der Waals surface area contributed by atoms with E-state index in [2.05, 4.69) is 15.3 Å². The summed E-state index contributed by atoms with van der Waals surface area (Å²) >= 11 is 5.82. The number of aliphatic imine (C=N–C) groups is 1. The number of pyridine rings is 1. The zero-order chi connectivity index (χ0) is 18.9. The zero-order valence-electron chi connectivity index (χ0n) is 14.4. The molecule has 3 rings (SSSR count). The lowest BCUT2D eigenvalue weighted by atomic mass is 9.87. The number of carbonyl (C=O) groups excluding carboxylic acids is 2. The van der Waals surface area contributed by atoms with E-state index in [-0.39, 0.29) is 35.0 Å². The van der Waals surface area contributed by atoms with Crippen LogP contribution in [0.2, 0.25) is 5.15 Å². The van der Waals surface area contributed by atoms with E-state index in [9.17, 15) is 9.59 Å². The molecular formula is C18H18ClN5O2. The van der Waals surface area contributed by atoms with Crippen molar-refractivity contribution in [3.05, 3.63) is 58.9 Å². The number of nitrogens with one attached hydrogen (secondary N) is 1. The van der Waals surface area contributed by atoms with Crippen LogP contribution in [0.3, 0.4) is 0 Å². The molecule has 0 spiro atoms. The maximum atomic E-state index is 12.3. The molecule has 0 fully saturated rings. The largest absolute Gasteiger partial charge is 0.369 e. The van der Waals surface area contributed by atoms with Crippen molar-refractivity contribution < 1.29 is 9.59 Å². The number of hydrogen-bond acceptors (Lipinski definition) is 5. The number of benzene rings is 1. The quantitative estimate of drug-likeness (QED) is 0.809. The lowest BCUT2D eigenvalue weighted by Gasteiger charge is -2.33. The number of aromatic nitrogens is 1. The first-order valence-corrected chi connectivity index (χ1v) is 8.33. The Morgan fingerprint density at radius 2 is 2.04 bits per heavy atom. The molecule has 0 unspecified atom stereocenters. The van der Waals surface area contributed by atoms with Crippen molar-refractivity contribution in [2.75, 3.05) is 12.4 Å². The monoisotopic (exact) mass is 371 g/mol. The van der Waals surface area contributed by atoms with Crippen molar-refractivity contribution in [2.24, 2.45) is 10.7 Å². The van der Waals surface area contributed by atoms with E-state index >= 15 is 0 Å². The van der Waals surface area contributed by atoms with Gasteiger partial charge in [0.25, 0.3) is 5.91 Å². The minimum atomic E-state index is -0.789. The smallest absolute Gasteiger partial charge is 0.274 e. The number of halogens is 1. The number of anilines is 1. The van der Waals surface area contributed by atoms with Gasteiger partial charge in [-0.15, -0.1) is 0 Å². The summed E-state index contributed by atoms with van der Waals surface area (Å²) in [6, 6.07) is 12.0. The van der Waals surface area contributed by atoms with Crippen LogP contribution in [-0.2, 0) is 10.3 Å². The molecule has 0 saturated heterocycles. The van der Waals surface area contributed by atoms with E-state index in [1.807, 2.05) is 13.0 Å². The van der Waals surface area contributed by atoms with Crippen molar-refractivity contribution in [3.63, 3.8) is 0 Å². The molecule has 0 aliphatic carbocycles. The van der Waals surface area contributed by atoms with Crippen LogP contribution in [0.1, 0.15) is 29.4 Å². The fraction of sp³-hybridized carbons (Fsp3) is 0.222. The normalized spacial score (nSPS) is 19.9. The van der Waals surface area contributed by atoms with Crippen molar-refractivity contribution in [1.29, 1.82) is 0 Å². The van der Waals surface area contributed by atoms with E-state index in [0.29, 0.717) is 5.69 Å². The molecule has 1 atom stereocenters. The van der Waals surface area contributed by atoms with Crippen LogP contribution in [0, 0.1) is 0 Å². The molecule has 7 nitrogen and oxygen atoms in total. The lowest BCUT2D eigenvalue weighted by molar-refractivity contribution is -0.128. The van der Waals surface area contributed by atoms with Crippen molar-refractivity contribution in [2.45, 2.75) is 18.9 Å². The molecule has 0 saturated carbocycles. The van der Waals surface area contributed by atoms with E-state index < -0.39 is 5.54 Å². The highest BCUT2D eigenvalue weighted by molar-refractivity contribution is 6.29. The molecule has 8 heteroatoms. The van der Waals surface area contributed by atoms with Gasteiger partial charge in [-0.1, -0.05) is 29.8 Å². The second kappa shape index (κ2) is 6.76. The van der Waals surface area contributed by atoms with Crippen LogP contribution in [-0.4, -0.2) is 34.7 Å². The average Bonchev–Trinajstić information content (AvgIpc) is 2.60. The van der Waals surface area contributed by atoms with E-state index in [0.717, 1.165) is 5.56 Å². The summed E-state index contributed by atoms with van der Waals surface area (Å²) in [5.74, 6) is -0.323. The van der Waals surface area contributed by atoms with Crippen LogP contribution in [0.15, 0.2) is 47.5 Å². The fourth-order valence-corrected chi connectivity index (χ4v) is 2.90. The van der Waals surface area contributed by atoms with Crippen LogP contribution >= 0.6 is 11.6 Å². The molecule has 134 valence electrons. The van der Waals surface area contributed by atoms with E-state index in [1.54, 1.807) is 43.4 Å². The molecule has 1 aromatic heterocycles. The first-order chi connectivity index (χ1) is 12.3. The van der Waals surface area contributed by atoms with Crippen LogP contribution < -0.4 is 11.1 Å². The van der Waals surface area contributed by atoms with Gasteiger partial charge >= 0.3 is 0 Å². The van der Waals surface area contributed by atoms with Gasteiger partial charge in [-0.25, -0.2) is 9.98 Å². The SMILES string of the molecule is CN1C(=O)C[C@@](C)(c2cccc(NC(=O)c3cccc(Cl)n3)c2)N=C1N. The summed E-state index contributed by atoms with van der Waals surface area (Å²) in [6.45, 7) is 1.84. The zero-order valence-corrected chi connectivity index (χ0v) is 15.1. The van der Waals surface area contributed by atoms with E-state index in [4.69, 9.17) is 17.3 Å². The highest BCUT2D eigenvalue weighted by Gasteiger charge is 2.36. The third kappa shape index (κ3) is 3.52. The summed E-state index contributed by atoms with van der Waals surface area (Å²) in [4.78, 5) is 34.3. The maximum absolute atomic E-state index is 12.3. The second-order valence-electron chi connectivity index (χ2n) is 6.25. The number of carbonyl (C=O) groups is 2. The predicted molar refractivity (Wildman–Crippen MR) is 100 cm³/mol. The molecule has 1 aliphatic rings. The van der Waals surface area contributed by atoms with Gasteiger partial charge in [0.15, 0.2) is 5.96 Å². The minimum absolute atomic E-state index is 0.113. The molecule has 26 heavy (non-hydrogen) atoms. The lowest BCUT2D eigenvalue weighted by Crippen LogP contribution is -2.47. The Labute approximate surface area is 155 Å². The number of hydrogen-bond donors (Lipinski definition) is 2. The predicted octanol–water partition coefficient (Wildman–Crippen LogP) is 2.38. The molecule has 0 radical (unpaired) electrons. The number of nitrogens with two attached hydrogens (primary N) is 1. The van der Waals surface area contributed by atoms with Gasteiger partial charge in [0, 0.05) is 12.7 Å². The van der Waals surface area contributed by atoms with Gasteiger partial charge in [-0.2, -0.15) is 0 Å². The van der Waals surface area contributed by atoms with Gasteiger partial charge in [0.05, 0.1) is 12.0 Å². The fourth-order valence-electron chi connectivity index (χ4n) is 2.74. The van der Waals surface area contributed by atoms with Crippen LogP contribution in [0.5, 0.6) is 0 Å². The van der Waals surface area contributed by atoms with E-state index in [1.165, 1.54) is 4.90 Å². The van der Waals surface area contributed by atoms with Gasteiger partial charge in [-0.3, -0.25) is 14.5 Å². The Hall–Kier alpha value is -2.93. The Morgan fingerprint density at radius 1 is 1.31 bits per heavy atom. The molecule has 2 aromatic rings. The van der Waals surface area contributed by atoms with Crippen LogP contribution in [0.4, 0.5) is 5.69 Å². The summed E-state index contributed by atoms with van der Waals surface area (Å²) in [6.07, 6.45) is 0.192.